The highest BCUT2D eigenvalue weighted by Crippen LogP contribution is 2.68. The number of carbonyl (C=O) groups excluding carboxylic acids is 1. The highest BCUT2D eigenvalue weighted by Gasteiger charge is 2.61. The largest absolute Gasteiger partial charge is 0.393 e. The number of aliphatic hydroxyl groups is 1. The van der Waals surface area contributed by atoms with Crippen LogP contribution in [-0.2, 0) is 4.79 Å². The number of carbonyl (C=O) groups is 1. The summed E-state index contributed by atoms with van der Waals surface area (Å²) >= 11 is 0. The van der Waals surface area contributed by atoms with Gasteiger partial charge in [-0.3, -0.25) is 4.79 Å². The first-order valence-corrected chi connectivity index (χ1v) is 13.5. The van der Waals surface area contributed by atoms with Crippen LogP contribution >= 0.6 is 0 Å². The Bertz CT molecular complexity index is 708. The number of Topliss-reactive ketones (excluding diaryl/α,β-unsaturated/α-hetero) is 1. The van der Waals surface area contributed by atoms with E-state index >= 15 is 0 Å². The van der Waals surface area contributed by atoms with Crippen molar-refractivity contribution in [1.82, 2.24) is 0 Å². The quantitative estimate of drug-likeness (QED) is 0.454. The van der Waals surface area contributed by atoms with Crippen molar-refractivity contribution in [3.8, 4) is 0 Å². The van der Waals surface area contributed by atoms with Crippen LogP contribution < -0.4 is 0 Å². The Morgan fingerprint density at radius 2 is 1.87 bits per heavy atom. The normalized spacial score (nSPS) is 45.5. The minimum Gasteiger partial charge on any atom is -0.393 e. The molecule has 0 aromatic heterocycles. The molecule has 4 aliphatic carbocycles. The summed E-state index contributed by atoms with van der Waals surface area (Å²) in [4.78, 5) is 12.7. The number of aliphatic hydroxyl groups excluding tert-OH is 1. The molecule has 0 radical (unpaired) electrons. The van der Waals surface area contributed by atoms with Gasteiger partial charge in [0.2, 0.25) is 0 Å². The molecule has 0 heterocycles. The van der Waals surface area contributed by atoms with E-state index in [1.54, 1.807) is 6.92 Å². The fourth-order valence-electron chi connectivity index (χ4n) is 9.35. The van der Waals surface area contributed by atoms with Gasteiger partial charge in [-0.15, -0.1) is 0 Å². The molecular weight excluding hydrogens is 380 g/mol. The van der Waals surface area contributed by atoms with Crippen LogP contribution in [0.2, 0.25) is 0 Å². The average Bonchev–Trinajstić information content (AvgIpc) is 3.04. The van der Waals surface area contributed by atoms with Crippen molar-refractivity contribution < 1.29 is 9.90 Å². The molecular formula is C29H48O2. The van der Waals surface area contributed by atoms with Gasteiger partial charge in [0.25, 0.3) is 0 Å². The highest BCUT2D eigenvalue weighted by atomic mass is 16.3. The minimum atomic E-state index is -0.332. The Balaban J connectivity index is 1.56. The number of allylic oxidation sites excluding steroid dienone is 1. The van der Waals surface area contributed by atoms with E-state index in [0.717, 1.165) is 36.0 Å². The summed E-state index contributed by atoms with van der Waals surface area (Å²) in [5.74, 6) is 5.01. The molecule has 0 spiro atoms. The third kappa shape index (κ3) is 3.87. The van der Waals surface area contributed by atoms with Gasteiger partial charge in [0.05, 0.1) is 6.10 Å². The molecule has 2 heteroatoms. The Kier molecular flexibility index (Phi) is 6.54. The van der Waals surface area contributed by atoms with Crippen LogP contribution in [0.15, 0.2) is 11.6 Å². The zero-order valence-electron chi connectivity index (χ0n) is 21.1. The standard InChI is InChI=1S/C29H48O2/c1-18(2)8-7-9-19(3)24-12-13-25-23-11-10-21-16-22(31)17-27(20(4)30)29(21,6)26(23)14-15-28(24,25)5/h10,18-19,22-27,31H,7-9,11-17H2,1-6H3/t19-,22-,23+,24-,25+,26+,27?,28-,29-/m1/s1. The molecule has 0 aromatic carbocycles. The lowest BCUT2D eigenvalue weighted by atomic mass is 9.44. The van der Waals surface area contributed by atoms with Gasteiger partial charge in [-0.05, 0) is 92.8 Å². The van der Waals surface area contributed by atoms with Gasteiger partial charge >= 0.3 is 0 Å². The van der Waals surface area contributed by atoms with Crippen molar-refractivity contribution in [2.24, 2.45) is 52.3 Å². The van der Waals surface area contributed by atoms with E-state index in [-0.39, 0.29) is 17.4 Å². The van der Waals surface area contributed by atoms with Crippen molar-refractivity contribution in [2.45, 2.75) is 112 Å². The fraction of sp³-hybridized carbons (Fsp3) is 0.897. The lowest BCUT2D eigenvalue weighted by Gasteiger charge is -2.60. The van der Waals surface area contributed by atoms with Gasteiger partial charge in [-0.1, -0.05) is 65.5 Å². The first kappa shape index (κ1) is 23.5. The van der Waals surface area contributed by atoms with Crippen LogP contribution in [0.5, 0.6) is 0 Å². The molecule has 3 saturated carbocycles. The van der Waals surface area contributed by atoms with Gasteiger partial charge in [-0.2, -0.15) is 0 Å². The number of fused-ring (bicyclic) bond motifs is 5. The molecule has 0 bridgehead atoms. The van der Waals surface area contributed by atoms with E-state index in [0.29, 0.717) is 23.5 Å². The molecule has 1 unspecified atom stereocenters. The van der Waals surface area contributed by atoms with Crippen molar-refractivity contribution in [3.05, 3.63) is 11.6 Å². The molecule has 2 nitrogen and oxygen atoms in total. The summed E-state index contributed by atoms with van der Waals surface area (Å²) in [6, 6.07) is 0. The van der Waals surface area contributed by atoms with Crippen LogP contribution in [0.3, 0.4) is 0 Å². The van der Waals surface area contributed by atoms with Crippen molar-refractivity contribution in [2.75, 3.05) is 0 Å². The molecule has 1 N–H and O–H groups in total. The van der Waals surface area contributed by atoms with Crippen molar-refractivity contribution in [1.29, 1.82) is 0 Å². The molecule has 0 amide bonds. The maximum atomic E-state index is 12.7. The van der Waals surface area contributed by atoms with Crippen molar-refractivity contribution in [3.63, 3.8) is 0 Å². The van der Waals surface area contributed by atoms with E-state index in [1.807, 2.05) is 0 Å². The Labute approximate surface area is 191 Å². The number of hydrogen-bond acceptors (Lipinski definition) is 2. The zero-order valence-corrected chi connectivity index (χ0v) is 21.1. The molecule has 176 valence electrons. The van der Waals surface area contributed by atoms with Gasteiger partial charge in [0, 0.05) is 11.3 Å². The summed E-state index contributed by atoms with van der Waals surface area (Å²) in [6.45, 7) is 14.0. The number of ketones is 1. The molecule has 9 atom stereocenters. The maximum Gasteiger partial charge on any atom is 0.133 e. The van der Waals surface area contributed by atoms with Crippen LogP contribution in [0.4, 0.5) is 0 Å². The summed E-state index contributed by atoms with van der Waals surface area (Å²) in [5, 5.41) is 10.5. The summed E-state index contributed by atoms with van der Waals surface area (Å²) in [7, 11) is 0. The monoisotopic (exact) mass is 428 g/mol. The van der Waals surface area contributed by atoms with E-state index in [4.69, 9.17) is 0 Å². The SMILES string of the molecule is CC(=O)C1C[C@H](O)CC2=CC[C@H]3[C@@H]4CC[C@H]([C@H](C)CCCC(C)C)[C@@]4(C)CC[C@@H]3[C@@]21C. The first-order chi connectivity index (χ1) is 14.6. The maximum absolute atomic E-state index is 12.7. The molecule has 0 aromatic rings. The molecule has 4 rings (SSSR count). The van der Waals surface area contributed by atoms with Crippen LogP contribution in [-0.4, -0.2) is 17.0 Å². The Hall–Kier alpha value is -0.630. The first-order valence-electron chi connectivity index (χ1n) is 13.5. The molecule has 0 aliphatic heterocycles. The lowest BCUT2D eigenvalue weighted by molar-refractivity contribution is -0.134. The predicted molar refractivity (Wildman–Crippen MR) is 129 cm³/mol. The summed E-state index contributed by atoms with van der Waals surface area (Å²) in [6.07, 6.45) is 14.4. The van der Waals surface area contributed by atoms with E-state index in [1.165, 1.54) is 56.9 Å². The zero-order chi connectivity index (χ0) is 22.6. The van der Waals surface area contributed by atoms with Gasteiger partial charge in [0.15, 0.2) is 0 Å². The van der Waals surface area contributed by atoms with Crippen LogP contribution in [0.25, 0.3) is 0 Å². The van der Waals surface area contributed by atoms with E-state index in [9.17, 15) is 9.90 Å². The highest BCUT2D eigenvalue weighted by molar-refractivity contribution is 5.80. The molecule has 3 fully saturated rings. The van der Waals surface area contributed by atoms with E-state index in [2.05, 4.69) is 40.7 Å². The smallest absolute Gasteiger partial charge is 0.133 e. The third-order valence-corrected chi connectivity index (χ3v) is 10.9. The van der Waals surface area contributed by atoms with Gasteiger partial charge in [0.1, 0.15) is 5.78 Å². The van der Waals surface area contributed by atoms with E-state index < -0.39 is 0 Å². The fourth-order valence-corrected chi connectivity index (χ4v) is 9.35. The number of rotatable bonds is 6. The second kappa shape index (κ2) is 8.62. The molecule has 0 saturated heterocycles. The average molecular weight is 429 g/mol. The predicted octanol–water partition coefficient (Wildman–Crippen LogP) is 7.20. The van der Waals surface area contributed by atoms with Crippen LogP contribution in [0, 0.1) is 52.3 Å². The third-order valence-electron chi connectivity index (χ3n) is 10.9. The summed E-state index contributed by atoms with van der Waals surface area (Å²) < 4.78 is 0. The Morgan fingerprint density at radius 1 is 1.13 bits per heavy atom. The van der Waals surface area contributed by atoms with Gasteiger partial charge in [-0.25, -0.2) is 0 Å². The summed E-state index contributed by atoms with van der Waals surface area (Å²) in [5.41, 5.74) is 1.88. The Morgan fingerprint density at radius 3 is 2.55 bits per heavy atom. The van der Waals surface area contributed by atoms with Crippen LogP contribution in [0.1, 0.15) is 106 Å². The van der Waals surface area contributed by atoms with Crippen molar-refractivity contribution >= 4 is 5.78 Å². The lowest BCUT2D eigenvalue weighted by Crippen LogP contribution is -2.55. The number of hydrogen-bond donors (Lipinski definition) is 1. The second-order valence-electron chi connectivity index (χ2n) is 12.9. The second-order valence-corrected chi connectivity index (χ2v) is 12.9. The molecule has 31 heavy (non-hydrogen) atoms. The minimum absolute atomic E-state index is 0.00631. The topological polar surface area (TPSA) is 37.3 Å². The van der Waals surface area contributed by atoms with Gasteiger partial charge < -0.3 is 5.11 Å². The molecule has 4 aliphatic rings.